The summed E-state index contributed by atoms with van der Waals surface area (Å²) in [5.74, 6) is 0.420. The molecule has 28 heavy (non-hydrogen) atoms. The molecule has 0 unspecified atom stereocenters. The second-order valence-corrected chi connectivity index (χ2v) is 6.14. The van der Waals surface area contributed by atoms with Crippen LogP contribution in [0.15, 0.2) is 72.8 Å². The standard InChI is InChI=1S/C21H17ClN2O4/c1-27-20(25)18-4-2-3-5-19(18)28-17-12-10-16(11-13-17)24-21(26)23-15-8-6-14(22)7-9-15/h2-13H,1H3,(H2,23,24,26). The molecule has 0 atom stereocenters. The van der Waals surface area contributed by atoms with Gasteiger partial charge in [0.15, 0.2) is 0 Å². The zero-order valence-corrected chi connectivity index (χ0v) is 15.7. The van der Waals surface area contributed by atoms with Crippen LogP contribution >= 0.6 is 11.6 Å². The van der Waals surface area contributed by atoms with Gasteiger partial charge in [-0.2, -0.15) is 0 Å². The lowest BCUT2D eigenvalue weighted by atomic mass is 10.2. The topological polar surface area (TPSA) is 76.7 Å². The lowest BCUT2D eigenvalue weighted by Crippen LogP contribution is -2.19. The second-order valence-electron chi connectivity index (χ2n) is 5.70. The molecule has 0 spiro atoms. The van der Waals surface area contributed by atoms with Crippen LogP contribution in [0.3, 0.4) is 0 Å². The molecule has 0 bridgehead atoms. The third-order valence-corrected chi connectivity index (χ3v) is 3.99. The van der Waals surface area contributed by atoms with E-state index in [0.717, 1.165) is 0 Å². The smallest absolute Gasteiger partial charge is 0.341 e. The molecule has 0 aromatic heterocycles. The molecule has 142 valence electrons. The molecule has 0 heterocycles. The van der Waals surface area contributed by atoms with Crippen molar-refractivity contribution < 1.29 is 19.1 Å². The summed E-state index contributed by atoms with van der Waals surface area (Å²) in [7, 11) is 1.31. The van der Waals surface area contributed by atoms with E-state index in [2.05, 4.69) is 10.6 Å². The van der Waals surface area contributed by atoms with Crippen molar-refractivity contribution in [2.24, 2.45) is 0 Å². The number of ether oxygens (including phenoxy) is 2. The van der Waals surface area contributed by atoms with E-state index in [1.807, 2.05) is 0 Å². The van der Waals surface area contributed by atoms with Crippen LogP contribution in [0.5, 0.6) is 11.5 Å². The molecule has 0 saturated heterocycles. The molecular formula is C21H17ClN2O4. The van der Waals surface area contributed by atoms with Gasteiger partial charge in [0.1, 0.15) is 17.1 Å². The number of urea groups is 1. The van der Waals surface area contributed by atoms with E-state index in [9.17, 15) is 9.59 Å². The monoisotopic (exact) mass is 396 g/mol. The summed E-state index contributed by atoms with van der Waals surface area (Å²) in [6.07, 6.45) is 0. The molecule has 7 heteroatoms. The lowest BCUT2D eigenvalue weighted by molar-refractivity contribution is 0.0598. The first-order valence-electron chi connectivity index (χ1n) is 8.34. The van der Waals surface area contributed by atoms with Gasteiger partial charge < -0.3 is 20.1 Å². The molecule has 0 fully saturated rings. The van der Waals surface area contributed by atoms with Gasteiger partial charge in [-0.05, 0) is 60.7 Å². The highest BCUT2D eigenvalue weighted by atomic mass is 35.5. The number of halogens is 1. The molecule has 0 aliphatic rings. The number of carbonyl (C=O) groups excluding carboxylic acids is 2. The number of rotatable bonds is 5. The van der Waals surface area contributed by atoms with Crippen LogP contribution in [-0.4, -0.2) is 19.1 Å². The van der Waals surface area contributed by atoms with Gasteiger partial charge in [0.05, 0.1) is 7.11 Å². The number of methoxy groups -OCH3 is 1. The third-order valence-electron chi connectivity index (χ3n) is 3.73. The fourth-order valence-corrected chi connectivity index (χ4v) is 2.52. The molecule has 0 aliphatic carbocycles. The lowest BCUT2D eigenvalue weighted by Gasteiger charge is -2.11. The summed E-state index contributed by atoms with van der Waals surface area (Å²) in [5.41, 5.74) is 1.54. The van der Waals surface area contributed by atoms with Crippen LogP contribution in [0.25, 0.3) is 0 Å². The highest BCUT2D eigenvalue weighted by Crippen LogP contribution is 2.27. The Hall–Kier alpha value is -3.51. The Morgan fingerprint density at radius 1 is 0.821 bits per heavy atom. The summed E-state index contributed by atoms with van der Waals surface area (Å²) in [6.45, 7) is 0. The average Bonchev–Trinajstić information content (AvgIpc) is 2.71. The maximum absolute atomic E-state index is 12.1. The number of esters is 1. The van der Waals surface area contributed by atoms with Crippen molar-refractivity contribution in [1.82, 2.24) is 0 Å². The third kappa shape index (κ3) is 5.02. The van der Waals surface area contributed by atoms with Crippen LogP contribution < -0.4 is 15.4 Å². The summed E-state index contributed by atoms with van der Waals surface area (Å²) in [4.78, 5) is 23.9. The van der Waals surface area contributed by atoms with Crippen molar-refractivity contribution in [2.75, 3.05) is 17.7 Å². The van der Waals surface area contributed by atoms with E-state index < -0.39 is 5.97 Å². The van der Waals surface area contributed by atoms with Gasteiger partial charge in [0.2, 0.25) is 0 Å². The number of hydrogen-bond donors (Lipinski definition) is 2. The van der Waals surface area contributed by atoms with Gasteiger partial charge in [-0.15, -0.1) is 0 Å². The fourth-order valence-electron chi connectivity index (χ4n) is 2.39. The Morgan fingerprint density at radius 2 is 1.39 bits per heavy atom. The molecule has 2 N–H and O–H groups in total. The number of hydrogen-bond acceptors (Lipinski definition) is 4. The van der Waals surface area contributed by atoms with Crippen molar-refractivity contribution in [2.45, 2.75) is 0 Å². The Kier molecular flexibility index (Phi) is 6.14. The van der Waals surface area contributed by atoms with E-state index in [1.165, 1.54) is 7.11 Å². The molecule has 2 amide bonds. The molecule has 3 aromatic carbocycles. The molecule has 6 nitrogen and oxygen atoms in total. The quantitative estimate of drug-likeness (QED) is 0.553. The van der Waals surface area contributed by atoms with E-state index in [4.69, 9.17) is 21.1 Å². The summed E-state index contributed by atoms with van der Waals surface area (Å²) in [5, 5.41) is 6.02. The maximum atomic E-state index is 12.1. The molecule has 0 saturated carbocycles. The first-order valence-corrected chi connectivity index (χ1v) is 8.72. The predicted octanol–water partition coefficient (Wildman–Crippen LogP) is 5.56. The van der Waals surface area contributed by atoms with Crippen LogP contribution in [-0.2, 0) is 4.74 Å². The molecular weight excluding hydrogens is 380 g/mol. The number of para-hydroxylation sites is 1. The van der Waals surface area contributed by atoms with Gasteiger partial charge in [-0.3, -0.25) is 0 Å². The highest BCUT2D eigenvalue weighted by molar-refractivity contribution is 6.30. The van der Waals surface area contributed by atoms with Gasteiger partial charge in [-0.1, -0.05) is 23.7 Å². The van der Waals surface area contributed by atoms with Gasteiger partial charge in [0, 0.05) is 16.4 Å². The van der Waals surface area contributed by atoms with E-state index in [-0.39, 0.29) is 6.03 Å². The van der Waals surface area contributed by atoms with E-state index in [1.54, 1.807) is 72.8 Å². The largest absolute Gasteiger partial charge is 0.465 e. The van der Waals surface area contributed by atoms with E-state index in [0.29, 0.717) is 33.5 Å². The summed E-state index contributed by atoms with van der Waals surface area (Å²) in [6, 6.07) is 20.0. The molecule has 3 rings (SSSR count). The van der Waals surface area contributed by atoms with Crippen LogP contribution in [0.1, 0.15) is 10.4 Å². The minimum atomic E-state index is -0.479. The Labute approximate surface area is 167 Å². The van der Waals surface area contributed by atoms with Gasteiger partial charge >= 0.3 is 12.0 Å². The number of benzene rings is 3. The van der Waals surface area contributed by atoms with Crippen molar-refractivity contribution in [3.05, 3.63) is 83.4 Å². The van der Waals surface area contributed by atoms with Crippen LogP contribution in [0, 0.1) is 0 Å². The predicted molar refractivity (Wildman–Crippen MR) is 108 cm³/mol. The first kappa shape index (κ1) is 19.3. The molecule has 0 radical (unpaired) electrons. The molecule has 0 aliphatic heterocycles. The maximum Gasteiger partial charge on any atom is 0.341 e. The normalized spacial score (nSPS) is 10.1. The van der Waals surface area contributed by atoms with Crippen LogP contribution in [0.4, 0.5) is 16.2 Å². The number of nitrogens with one attached hydrogen (secondary N) is 2. The van der Waals surface area contributed by atoms with Crippen LogP contribution in [0.2, 0.25) is 5.02 Å². The van der Waals surface area contributed by atoms with Crippen molar-refractivity contribution in [3.8, 4) is 11.5 Å². The second kappa shape index (κ2) is 8.92. The SMILES string of the molecule is COC(=O)c1ccccc1Oc1ccc(NC(=O)Nc2ccc(Cl)cc2)cc1. The summed E-state index contributed by atoms with van der Waals surface area (Å²) < 4.78 is 10.5. The minimum absolute atomic E-state index is 0.328. The Balaban J connectivity index is 1.63. The van der Waals surface area contributed by atoms with Crippen molar-refractivity contribution >= 4 is 35.0 Å². The average molecular weight is 397 g/mol. The first-order chi connectivity index (χ1) is 13.5. The zero-order chi connectivity index (χ0) is 19.9. The number of carbonyl (C=O) groups is 2. The Bertz CT molecular complexity index is 972. The number of amides is 2. The van der Waals surface area contributed by atoms with E-state index >= 15 is 0 Å². The van der Waals surface area contributed by atoms with Gasteiger partial charge in [0.25, 0.3) is 0 Å². The molecule has 3 aromatic rings. The highest BCUT2D eigenvalue weighted by Gasteiger charge is 2.13. The minimum Gasteiger partial charge on any atom is -0.465 e. The Morgan fingerprint density at radius 3 is 2.00 bits per heavy atom. The number of anilines is 2. The summed E-state index contributed by atoms with van der Waals surface area (Å²) >= 11 is 5.82. The van der Waals surface area contributed by atoms with Gasteiger partial charge in [-0.25, -0.2) is 9.59 Å². The van der Waals surface area contributed by atoms with Crippen molar-refractivity contribution in [1.29, 1.82) is 0 Å². The fraction of sp³-hybridized carbons (Fsp3) is 0.0476. The van der Waals surface area contributed by atoms with Crippen molar-refractivity contribution in [3.63, 3.8) is 0 Å². The zero-order valence-electron chi connectivity index (χ0n) is 14.9.